The predicted molar refractivity (Wildman–Crippen MR) is 52.8 cm³/mol. The second-order valence-electron chi connectivity index (χ2n) is 3.70. The molecule has 0 aromatic carbocycles. The van der Waals surface area contributed by atoms with E-state index >= 15 is 0 Å². The van der Waals surface area contributed by atoms with Crippen LogP contribution in [0.1, 0.15) is 25.5 Å². The lowest BCUT2D eigenvalue weighted by molar-refractivity contribution is 0.586. The van der Waals surface area contributed by atoms with Crippen molar-refractivity contribution in [3.63, 3.8) is 0 Å². The summed E-state index contributed by atoms with van der Waals surface area (Å²) in [5.41, 5.74) is 0.962. The average molecular weight is 214 g/mol. The van der Waals surface area contributed by atoms with Gasteiger partial charge >= 0.3 is 0 Å². The zero-order valence-corrected chi connectivity index (χ0v) is 9.21. The number of aromatic nitrogens is 2. The minimum Gasteiger partial charge on any atom is -0.271 e. The van der Waals surface area contributed by atoms with Crippen LogP contribution in [-0.2, 0) is 23.3 Å². The van der Waals surface area contributed by atoms with Crippen LogP contribution in [0.4, 0.5) is 0 Å². The van der Waals surface area contributed by atoms with Crippen molar-refractivity contribution in [1.82, 2.24) is 9.78 Å². The number of hydrogen-bond donors (Lipinski definition) is 0. The van der Waals surface area contributed by atoms with Gasteiger partial charge in [-0.15, -0.1) is 0 Å². The van der Waals surface area contributed by atoms with Gasteiger partial charge < -0.3 is 0 Å². The molecule has 4 nitrogen and oxygen atoms in total. The highest BCUT2D eigenvalue weighted by Gasteiger charge is 2.38. The maximum absolute atomic E-state index is 11.8. The molecular weight excluding hydrogens is 200 g/mol. The zero-order valence-electron chi connectivity index (χ0n) is 8.40. The van der Waals surface area contributed by atoms with Gasteiger partial charge in [-0.05, 0) is 25.3 Å². The Hall–Kier alpha value is -0.840. The molecule has 14 heavy (non-hydrogen) atoms. The van der Waals surface area contributed by atoms with Crippen molar-refractivity contribution >= 4 is 9.84 Å². The molecule has 2 rings (SSSR count). The smallest absolute Gasteiger partial charge is 0.200 e. The predicted octanol–water partition coefficient (Wildman–Crippen LogP) is 0.919. The Balaban J connectivity index is 2.41. The third kappa shape index (κ3) is 1.45. The topological polar surface area (TPSA) is 52.0 Å². The molecule has 1 fully saturated rings. The van der Waals surface area contributed by atoms with E-state index in [1.807, 2.05) is 6.92 Å². The van der Waals surface area contributed by atoms with E-state index in [0.29, 0.717) is 0 Å². The first-order valence-electron chi connectivity index (χ1n) is 4.82. The molecule has 1 aliphatic rings. The molecule has 0 amide bonds. The molecule has 1 aromatic rings. The van der Waals surface area contributed by atoms with E-state index in [1.54, 1.807) is 17.8 Å². The van der Waals surface area contributed by atoms with Crippen molar-refractivity contribution in [2.24, 2.45) is 7.05 Å². The second-order valence-corrected chi connectivity index (χ2v) is 5.87. The molecule has 0 spiro atoms. The fraction of sp³-hybridized carbons (Fsp3) is 0.667. The van der Waals surface area contributed by atoms with Crippen LogP contribution in [0, 0.1) is 0 Å². The standard InChI is InChI=1S/C9H14N2O2S/c1-3-7-6-9(10-11(7)2)14(12,13)8-4-5-8/h6,8H,3-5H2,1-2H3. The second kappa shape index (κ2) is 3.08. The van der Waals surface area contributed by atoms with E-state index in [-0.39, 0.29) is 10.3 Å². The largest absolute Gasteiger partial charge is 0.271 e. The maximum atomic E-state index is 11.8. The number of aryl methyl sites for hydroxylation is 2. The van der Waals surface area contributed by atoms with Gasteiger partial charge in [0.1, 0.15) is 0 Å². The Morgan fingerprint density at radius 1 is 1.57 bits per heavy atom. The van der Waals surface area contributed by atoms with Gasteiger partial charge in [0.25, 0.3) is 0 Å². The Morgan fingerprint density at radius 2 is 2.21 bits per heavy atom. The van der Waals surface area contributed by atoms with Crippen molar-refractivity contribution in [1.29, 1.82) is 0 Å². The highest BCUT2D eigenvalue weighted by atomic mass is 32.2. The molecule has 0 N–H and O–H groups in total. The molecule has 1 saturated carbocycles. The first-order chi connectivity index (χ1) is 6.55. The first kappa shape index (κ1) is 9.71. The van der Waals surface area contributed by atoms with Crippen molar-refractivity contribution in [2.45, 2.75) is 36.5 Å². The van der Waals surface area contributed by atoms with Crippen molar-refractivity contribution in [2.75, 3.05) is 0 Å². The Kier molecular flexibility index (Phi) is 2.14. The fourth-order valence-electron chi connectivity index (χ4n) is 1.50. The van der Waals surface area contributed by atoms with Crippen LogP contribution < -0.4 is 0 Å². The molecule has 1 aromatic heterocycles. The summed E-state index contributed by atoms with van der Waals surface area (Å²) in [7, 11) is -1.33. The van der Waals surface area contributed by atoms with Crippen molar-refractivity contribution in [3.05, 3.63) is 11.8 Å². The van der Waals surface area contributed by atoms with E-state index < -0.39 is 9.84 Å². The Bertz CT molecular complexity index is 443. The molecule has 1 heterocycles. The SMILES string of the molecule is CCc1cc(S(=O)(=O)C2CC2)nn1C. The van der Waals surface area contributed by atoms with Crippen LogP contribution in [0.15, 0.2) is 11.1 Å². The normalized spacial score (nSPS) is 17.3. The molecule has 1 aliphatic carbocycles. The molecule has 5 heteroatoms. The third-order valence-electron chi connectivity index (χ3n) is 2.57. The third-order valence-corrected chi connectivity index (χ3v) is 4.70. The molecule has 0 saturated heterocycles. The number of sulfone groups is 1. The highest BCUT2D eigenvalue weighted by molar-refractivity contribution is 7.92. The number of hydrogen-bond acceptors (Lipinski definition) is 3. The lowest BCUT2D eigenvalue weighted by atomic mass is 10.3. The van der Waals surface area contributed by atoms with Gasteiger partial charge in [0.2, 0.25) is 0 Å². The van der Waals surface area contributed by atoms with E-state index in [2.05, 4.69) is 5.10 Å². The molecule has 0 atom stereocenters. The van der Waals surface area contributed by atoms with Crippen LogP contribution in [0.3, 0.4) is 0 Å². The minimum absolute atomic E-state index is 0.165. The summed E-state index contributed by atoms with van der Waals surface area (Å²) in [5.74, 6) is 0. The Morgan fingerprint density at radius 3 is 2.64 bits per heavy atom. The van der Waals surface area contributed by atoms with Gasteiger partial charge in [0.15, 0.2) is 14.9 Å². The molecule has 78 valence electrons. The summed E-state index contributed by atoms with van der Waals surface area (Å²) in [6.07, 6.45) is 2.39. The van der Waals surface area contributed by atoms with Crippen molar-refractivity contribution < 1.29 is 8.42 Å². The fourth-order valence-corrected chi connectivity index (χ4v) is 3.13. The van der Waals surface area contributed by atoms with Crippen LogP contribution in [-0.4, -0.2) is 23.4 Å². The van der Waals surface area contributed by atoms with E-state index in [9.17, 15) is 8.42 Å². The highest BCUT2D eigenvalue weighted by Crippen LogP contribution is 2.32. The number of rotatable bonds is 3. The zero-order chi connectivity index (χ0) is 10.3. The molecular formula is C9H14N2O2S. The molecule has 0 aliphatic heterocycles. The quantitative estimate of drug-likeness (QED) is 0.751. The van der Waals surface area contributed by atoms with Crippen LogP contribution in [0.2, 0.25) is 0 Å². The van der Waals surface area contributed by atoms with Gasteiger partial charge in [-0.3, -0.25) is 4.68 Å². The van der Waals surface area contributed by atoms with Gasteiger partial charge in [0.05, 0.1) is 5.25 Å². The molecule has 0 unspecified atom stereocenters. The van der Waals surface area contributed by atoms with Gasteiger partial charge in [-0.25, -0.2) is 8.42 Å². The van der Waals surface area contributed by atoms with Crippen LogP contribution >= 0.6 is 0 Å². The van der Waals surface area contributed by atoms with Gasteiger partial charge in [-0.1, -0.05) is 6.92 Å². The Labute approximate surface area is 83.8 Å². The monoisotopic (exact) mass is 214 g/mol. The van der Waals surface area contributed by atoms with Crippen LogP contribution in [0.5, 0.6) is 0 Å². The summed E-state index contributed by atoms with van der Waals surface area (Å²) < 4.78 is 25.2. The van der Waals surface area contributed by atoms with Crippen LogP contribution in [0.25, 0.3) is 0 Å². The average Bonchev–Trinajstić information content (AvgIpc) is 2.90. The summed E-state index contributed by atoms with van der Waals surface area (Å²) in [6.45, 7) is 1.99. The summed E-state index contributed by atoms with van der Waals surface area (Å²) in [4.78, 5) is 0. The molecule has 0 radical (unpaired) electrons. The summed E-state index contributed by atoms with van der Waals surface area (Å²) >= 11 is 0. The van der Waals surface area contributed by atoms with Gasteiger partial charge in [0, 0.05) is 12.7 Å². The van der Waals surface area contributed by atoms with Crippen molar-refractivity contribution in [3.8, 4) is 0 Å². The van der Waals surface area contributed by atoms with Gasteiger partial charge in [-0.2, -0.15) is 5.10 Å². The first-order valence-corrected chi connectivity index (χ1v) is 6.37. The lowest BCUT2D eigenvalue weighted by Crippen LogP contribution is -2.08. The summed E-state index contributed by atoms with van der Waals surface area (Å²) in [5, 5.41) is 4.13. The van der Waals surface area contributed by atoms with E-state index in [4.69, 9.17) is 0 Å². The molecule has 0 bridgehead atoms. The van der Waals surface area contributed by atoms with E-state index in [1.165, 1.54) is 0 Å². The number of nitrogens with zero attached hydrogens (tertiary/aromatic N) is 2. The van der Waals surface area contributed by atoms with E-state index in [0.717, 1.165) is 25.0 Å². The maximum Gasteiger partial charge on any atom is 0.200 e. The lowest BCUT2D eigenvalue weighted by Gasteiger charge is -1.95. The minimum atomic E-state index is -3.11. The summed E-state index contributed by atoms with van der Waals surface area (Å²) in [6, 6.07) is 1.69.